The molecule has 4 aromatic rings. The van der Waals surface area contributed by atoms with E-state index in [1.54, 1.807) is 7.11 Å². The molecule has 0 saturated heterocycles. The molecule has 1 saturated carbocycles. The molecule has 3 aromatic carbocycles. The highest BCUT2D eigenvalue weighted by Gasteiger charge is 2.46. The van der Waals surface area contributed by atoms with Gasteiger partial charge in [0.25, 0.3) is 5.91 Å². The number of carbonyl (C=O) groups excluding carboxylic acids is 1. The van der Waals surface area contributed by atoms with E-state index >= 15 is 0 Å². The molecule has 1 atom stereocenters. The molecule has 2 heterocycles. The van der Waals surface area contributed by atoms with Gasteiger partial charge in [0.2, 0.25) is 0 Å². The number of benzene rings is 3. The summed E-state index contributed by atoms with van der Waals surface area (Å²) in [5, 5.41) is 7.70. The number of rotatable bonds is 7. The number of aromatic nitrogens is 2. The predicted molar refractivity (Wildman–Crippen MR) is 143 cm³/mol. The molecule has 0 spiro atoms. The van der Waals surface area contributed by atoms with Crippen molar-refractivity contribution < 1.29 is 14.3 Å². The van der Waals surface area contributed by atoms with Crippen LogP contribution < -0.4 is 9.47 Å². The second-order valence-electron chi connectivity index (χ2n) is 9.96. The van der Waals surface area contributed by atoms with Gasteiger partial charge in [-0.3, -0.25) is 9.89 Å². The zero-order chi connectivity index (χ0) is 25.4. The minimum absolute atomic E-state index is 0.0288. The van der Waals surface area contributed by atoms with E-state index in [1.165, 1.54) is 5.56 Å². The highest BCUT2D eigenvalue weighted by molar-refractivity contribution is 6.00. The number of aryl methyl sites for hydroxylation is 1. The first kappa shape index (κ1) is 23.3. The van der Waals surface area contributed by atoms with Crippen LogP contribution in [-0.4, -0.2) is 34.2 Å². The van der Waals surface area contributed by atoms with Gasteiger partial charge in [-0.1, -0.05) is 79.1 Å². The number of H-pyrrole nitrogens is 1. The average molecular weight is 494 g/mol. The molecule has 37 heavy (non-hydrogen) atoms. The number of amides is 1. The fourth-order valence-electron chi connectivity index (χ4n) is 5.69. The van der Waals surface area contributed by atoms with E-state index in [0.29, 0.717) is 23.8 Å². The Balaban J connectivity index is 1.40. The molecular weight excluding hydrogens is 462 g/mol. The molecule has 1 N–H and O–H groups in total. The molecule has 1 fully saturated rings. The standard InChI is InChI=1S/C31H31N3O3/c1-20-12-14-22(15-13-20)28-27-29(33-32-28)31(35)34(24-10-6-7-11-24)30(27)23-16-17-25(26(18-23)36-2)37-19-21-8-4-3-5-9-21/h3-5,8-9,12-18,24,30H,6-7,10-11,19H2,1-2H3,(H,32,33). The third-order valence-corrected chi connectivity index (χ3v) is 7.59. The summed E-state index contributed by atoms with van der Waals surface area (Å²) < 4.78 is 11.9. The molecule has 6 heteroatoms. The van der Waals surface area contributed by atoms with Crippen LogP contribution in [0.25, 0.3) is 11.3 Å². The van der Waals surface area contributed by atoms with Gasteiger partial charge in [-0.05, 0) is 43.0 Å². The smallest absolute Gasteiger partial charge is 0.273 e. The summed E-state index contributed by atoms with van der Waals surface area (Å²) in [6.45, 7) is 2.52. The Morgan fingerprint density at radius 3 is 2.46 bits per heavy atom. The molecule has 6 rings (SSSR count). The molecular formula is C31H31N3O3. The monoisotopic (exact) mass is 493 g/mol. The van der Waals surface area contributed by atoms with Crippen molar-refractivity contribution in [2.75, 3.05) is 7.11 Å². The lowest BCUT2D eigenvalue weighted by Gasteiger charge is -2.32. The summed E-state index contributed by atoms with van der Waals surface area (Å²) in [5.74, 6) is 1.36. The predicted octanol–water partition coefficient (Wildman–Crippen LogP) is 6.46. The van der Waals surface area contributed by atoms with Crippen molar-refractivity contribution >= 4 is 5.91 Å². The van der Waals surface area contributed by atoms with Crippen LogP contribution in [-0.2, 0) is 6.61 Å². The van der Waals surface area contributed by atoms with E-state index in [-0.39, 0.29) is 18.0 Å². The normalized spacial score (nSPS) is 17.3. The number of aromatic amines is 1. The first-order chi connectivity index (χ1) is 18.1. The molecule has 0 bridgehead atoms. The number of nitrogens with one attached hydrogen (secondary N) is 1. The van der Waals surface area contributed by atoms with Crippen LogP contribution in [0.2, 0.25) is 0 Å². The summed E-state index contributed by atoms with van der Waals surface area (Å²) in [7, 11) is 1.66. The number of hydrogen-bond acceptors (Lipinski definition) is 4. The second kappa shape index (κ2) is 9.77. The maximum Gasteiger partial charge on any atom is 0.273 e. The third-order valence-electron chi connectivity index (χ3n) is 7.59. The fraction of sp³-hybridized carbons (Fsp3) is 0.290. The highest BCUT2D eigenvalue weighted by Crippen LogP contribution is 2.47. The zero-order valence-corrected chi connectivity index (χ0v) is 21.2. The number of hydrogen-bond donors (Lipinski definition) is 1. The van der Waals surface area contributed by atoms with Crippen LogP contribution in [0.15, 0.2) is 72.8 Å². The van der Waals surface area contributed by atoms with Gasteiger partial charge in [0.15, 0.2) is 11.5 Å². The molecule has 6 nitrogen and oxygen atoms in total. The van der Waals surface area contributed by atoms with Crippen LogP contribution in [0.5, 0.6) is 11.5 Å². The van der Waals surface area contributed by atoms with Crippen LogP contribution in [0.1, 0.15) is 64.5 Å². The van der Waals surface area contributed by atoms with Gasteiger partial charge in [-0.15, -0.1) is 0 Å². The molecule has 1 unspecified atom stereocenters. The fourth-order valence-corrected chi connectivity index (χ4v) is 5.69. The van der Waals surface area contributed by atoms with Crippen LogP contribution >= 0.6 is 0 Å². The van der Waals surface area contributed by atoms with E-state index in [0.717, 1.165) is 53.6 Å². The molecule has 188 valence electrons. The lowest BCUT2D eigenvalue weighted by atomic mass is 9.94. The Labute approximate surface area is 217 Å². The number of methoxy groups -OCH3 is 1. The van der Waals surface area contributed by atoms with Gasteiger partial charge < -0.3 is 14.4 Å². The summed E-state index contributed by atoms with van der Waals surface area (Å²) in [5.41, 5.74) is 6.65. The molecule has 1 amide bonds. The van der Waals surface area contributed by atoms with Crippen LogP contribution in [0, 0.1) is 6.92 Å². The molecule has 1 aliphatic heterocycles. The van der Waals surface area contributed by atoms with Crippen LogP contribution in [0.3, 0.4) is 0 Å². The van der Waals surface area contributed by atoms with Crippen molar-refractivity contribution in [3.05, 3.63) is 101 Å². The third kappa shape index (κ3) is 4.26. The van der Waals surface area contributed by atoms with Crippen molar-refractivity contribution in [2.24, 2.45) is 0 Å². The van der Waals surface area contributed by atoms with Gasteiger partial charge in [-0.2, -0.15) is 5.10 Å². The summed E-state index contributed by atoms with van der Waals surface area (Å²) in [6, 6.07) is 24.4. The summed E-state index contributed by atoms with van der Waals surface area (Å²) >= 11 is 0. The number of ether oxygens (including phenoxy) is 2. The first-order valence-electron chi connectivity index (χ1n) is 13.0. The van der Waals surface area contributed by atoms with Crippen molar-refractivity contribution in [1.82, 2.24) is 15.1 Å². The Kier molecular flexibility index (Phi) is 6.16. The molecule has 0 radical (unpaired) electrons. The van der Waals surface area contributed by atoms with Crippen molar-refractivity contribution in [2.45, 2.75) is 51.3 Å². The summed E-state index contributed by atoms with van der Waals surface area (Å²) in [6.07, 6.45) is 4.34. The minimum atomic E-state index is -0.238. The largest absolute Gasteiger partial charge is 0.493 e. The van der Waals surface area contributed by atoms with Crippen molar-refractivity contribution in [3.63, 3.8) is 0 Å². The molecule has 2 aliphatic rings. The van der Waals surface area contributed by atoms with E-state index in [2.05, 4.69) is 52.4 Å². The molecule has 1 aromatic heterocycles. The Hall–Kier alpha value is -4.06. The van der Waals surface area contributed by atoms with E-state index < -0.39 is 0 Å². The zero-order valence-electron chi connectivity index (χ0n) is 21.2. The number of fused-ring (bicyclic) bond motifs is 1. The van der Waals surface area contributed by atoms with Gasteiger partial charge in [0, 0.05) is 17.2 Å². The minimum Gasteiger partial charge on any atom is -0.493 e. The van der Waals surface area contributed by atoms with Crippen molar-refractivity contribution in [3.8, 4) is 22.8 Å². The number of nitrogens with zero attached hydrogens (tertiary/aromatic N) is 2. The SMILES string of the molecule is COc1cc(C2c3c(-c4ccc(C)cc4)n[nH]c3C(=O)N2C2CCCC2)ccc1OCc1ccccc1. The van der Waals surface area contributed by atoms with Gasteiger partial charge >= 0.3 is 0 Å². The molecule has 1 aliphatic carbocycles. The van der Waals surface area contributed by atoms with Crippen LogP contribution in [0.4, 0.5) is 0 Å². The van der Waals surface area contributed by atoms with Gasteiger partial charge in [-0.25, -0.2) is 0 Å². The Morgan fingerprint density at radius 1 is 0.973 bits per heavy atom. The Morgan fingerprint density at radius 2 is 1.73 bits per heavy atom. The number of carbonyl (C=O) groups is 1. The quantitative estimate of drug-likeness (QED) is 0.321. The van der Waals surface area contributed by atoms with Crippen molar-refractivity contribution in [1.29, 1.82) is 0 Å². The lowest BCUT2D eigenvalue weighted by molar-refractivity contribution is 0.0660. The average Bonchev–Trinajstić information content (AvgIpc) is 3.67. The maximum atomic E-state index is 13.7. The summed E-state index contributed by atoms with van der Waals surface area (Å²) in [4.78, 5) is 15.8. The second-order valence-corrected chi connectivity index (χ2v) is 9.96. The topological polar surface area (TPSA) is 67.5 Å². The van der Waals surface area contributed by atoms with E-state index in [4.69, 9.17) is 9.47 Å². The van der Waals surface area contributed by atoms with E-state index in [9.17, 15) is 4.79 Å². The Bertz CT molecular complexity index is 1410. The van der Waals surface area contributed by atoms with Gasteiger partial charge in [0.05, 0.1) is 18.8 Å². The lowest BCUT2D eigenvalue weighted by Crippen LogP contribution is -2.37. The van der Waals surface area contributed by atoms with Gasteiger partial charge in [0.1, 0.15) is 12.3 Å². The van der Waals surface area contributed by atoms with E-state index in [1.807, 2.05) is 42.5 Å². The maximum absolute atomic E-state index is 13.7. The first-order valence-corrected chi connectivity index (χ1v) is 13.0. The highest BCUT2D eigenvalue weighted by atomic mass is 16.5.